The minimum absolute atomic E-state index is 0.126. The summed E-state index contributed by atoms with van der Waals surface area (Å²) in [5.74, 6) is -1.27. The third-order valence-corrected chi connectivity index (χ3v) is 3.34. The molecule has 0 aromatic heterocycles. The highest BCUT2D eigenvalue weighted by atomic mass is 16.6. The summed E-state index contributed by atoms with van der Waals surface area (Å²) in [6.07, 6.45) is 6.28. The predicted molar refractivity (Wildman–Crippen MR) is 106 cm³/mol. The summed E-state index contributed by atoms with van der Waals surface area (Å²) in [5, 5.41) is 16.7. The maximum atomic E-state index is 11.1. The Morgan fingerprint density at radius 2 is 1.50 bits per heavy atom. The number of rotatable bonds is 13. The van der Waals surface area contributed by atoms with E-state index in [4.69, 9.17) is 20.0 Å². The van der Waals surface area contributed by atoms with E-state index < -0.39 is 11.9 Å². The molecule has 0 fully saturated rings. The summed E-state index contributed by atoms with van der Waals surface area (Å²) in [5.41, 5.74) is -0.314. The maximum Gasteiger partial charge on any atom is 0.348 e. The molecule has 0 spiro atoms. The van der Waals surface area contributed by atoms with E-state index in [1.807, 2.05) is 13.8 Å². The van der Waals surface area contributed by atoms with Gasteiger partial charge >= 0.3 is 11.9 Å². The van der Waals surface area contributed by atoms with E-state index in [0.717, 1.165) is 25.7 Å². The Hall–Kier alpha value is -2.64. The Bertz CT molecular complexity index is 572. The van der Waals surface area contributed by atoms with E-state index in [1.54, 1.807) is 12.1 Å². The molecule has 0 radical (unpaired) electrons. The van der Waals surface area contributed by atoms with Crippen molar-refractivity contribution in [1.29, 1.82) is 10.5 Å². The van der Waals surface area contributed by atoms with Crippen LogP contribution < -0.4 is 0 Å². The van der Waals surface area contributed by atoms with Crippen molar-refractivity contribution in [3.8, 4) is 12.1 Å². The van der Waals surface area contributed by atoms with Crippen molar-refractivity contribution in [2.24, 2.45) is 0 Å². The van der Waals surface area contributed by atoms with Crippen molar-refractivity contribution in [2.45, 2.75) is 65.4 Å². The molecular weight excluding hydrogens is 360 g/mol. The van der Waals surface area contributed by atoms with Crippen LogP contribution in [0.4, 0.5) is 0 Å². The van der Waals surface area contributed by atoms with Gasteiger partial charge in [0.25, 0.3) is 0 Å². The highest BCUT2D eigenvalue weighted by molar-refractivity contribution is 5.92. The van der Waals surface area contributed by atoms with Crippen LogP contribution in [0.3, 0.4) is 0 Å². The van der Waals surface area contributed by atoms with Crippen molar-refractivity contribution in [3.05, 3.63) is 24.3 Å². The number of nitriles is 2. The number of hydrogen-bond acceptors (Lipinski definition) is 7. The number of nitrogens with zero attached hydrogens (tertiary/aromatic N) is 2. The average Bonchev–Trinajstić information content (AvgIpc) is 2.69. The first-order chi connectivity index (χ1) is 13.3. The average molecular weight is 392 g/mol. The summed E-state index contributed by atoms with van der Waals surface area (Å²) in [4.78, 5) is 21.9. The normalized spacial score (nSPS) is 10.3. The Kier molecular flexibility index (Phi) is 18.8. The summed E-state index contributed by atoms with van der Waals surface area (Å²) < 4.78 is 14.7. The molecule has 0 heterocycles. The fourth-order valence-electron chi connectivity index (χ4n) is 1.79. The van der Waals surface area contributed by atoms with Crippen LogP contribution in [-0.2, 0) is 23.8 Å². The highest BCUT2D eigenvalue weighted by Crippen LogP contribution is 2.09. The van der Waals surface area contributed by atoms with E-state index in [0.29, 0.717) is 13.2 Å². The SMILES string of the molecule is C=C(C#N)C(=O)OC(C)CCCCCC.C=C(C#N)C(=O)OCCOCCC. The van der Waals surface area contributed by atoms with Crippen LogP contribution in [0.2, 0.25) is 0 Å². The molecular formula is C21H32N2O5. The first kappa shape index (κ1) is 27.6. The number of esters is 2. The third kappa shape index (κ3) is 16.8. The van der Waals surface area contributed by atoms with Gasteiger partial charge in [-0.1, -0.05) is 46.3 Å². The van der Waals surface area contributed by atoms with Gasteiger partial charge in [-0.3, -0.25) is 0 Å². The second kappa shape index (κ2) is 19.1. The third-order valence-electron chi connectivity index (χ3n) is 3.34. The fourth-order valence-corrected chi connectivity index (χ4v) is 1.79. The van der Waals surface area contributed by atoms with Gasteiger partial charge in [0.1, 0.15) is 29.9 Å². The second-order valence-corrected chi connectivity index (χ2v) is 5.99. The molecule has 1 atom stereocenters. The molecule has 0 bridgehead atoms. The molecule has 0 N–H and O–H groups in total. The molecule has 28 heavy (non-hydrogen) atoms. The van der Waals surface area contributed by atoms with Gasteiger partial charge in [0.2, 0.25) is 0 Å². The van der Waals surface area contributed by atoms with Gasteiger partial charge in [-0.15, -0.1) is 0 Å². The molecule has 0 amide bonds. The van der Waals surface area contributed by atoms with Crippen molar-refractivity contribution in [1.82, 2.24) is 0 Å². The van der Waals surface area contributed by atoms with Crippen molar-refractivity contribution < 1.29 is 23.8 Å². The zero-order chi connectivity index (χ0) is 21.8. The van der Waals surface area contributed by atoms with Crippen molar-refractivity contribution in [2.75, 3.05) is 19.8 Å². The van der Waals surface area contributed by atoms with Gasteiger partial charge in [0, 0.05) is 6.61 Å². The van der Waals surface area contributed by atoms with Crippen LogP contribution in [0.15, 0.2) is 24.3 Å². The summed E-state index contributed by atoms with van der Waals surface area (Å²) in [7, 11) is 0. The van der Waals surface area contributed by atoms with Gasteiger partial charge in [-0.2, -0.15) is 10.5 Å². The Labute approximate surface area is 168 Å². The van der Waals surface area contributed by atoms with Gasteiger partial charge in [-0.05, 0) is 26.2 Å². The maximum absolute atomic E-state index is 11.1. The number of carbonyl (C=O) groups is 2. The summed E-state index contributed by atoms with van der Waals surface area (Å²) in [6, 6.07) is 3.28. The van der Waals surface area contributed by atoms with E-state index in [-0.39, 0.29) is 23.9 Å². The molecule has 0 aromatic rings. The summed E-state index contributed by atoms with van der Waals surface area (Å²) in [6.45, 7) is 13.7. The number of carbonyl (C=O) groups excluding carboxylic acids is 2. The van der Waals surface area contributed by atoms with Crippen LogP contribution in [0.5, 0.6) is 0 Å². The van der Waals surface area contributed by atoms with Crippen LogP contribution >= 0.6 is 0 Å². The van der Waals surface area contributed by atoms with Crippen molar-refractivity contribution in [3.63, 3.8) is 0 Å². The Morgan fingerprint density at radius 3 is 2.04 bits per heavy atom. The van der Waals surface area contributed by atoms with E-state index in [1.165, 1.54) is 12.8 Å². The molecule has 156 valence electrons. The Morgan fingerprint density at radius 1 is 0.893 bits per heavy atom. The minimum Gasteiger partial charge on any atom is -0.459 e. The standard InChI is InChI=1S/C12H19NO2.C9H13NO3/c1-4-5-6-7-8-11(3)15-12(14)10(2)9-13;1-3-4-12-5-6-13-9(11)8(2)7-10/h11H,2,4-8H2,1,3H3;2-6H2,1H3. The highest BCUT2D eigenvalue weighted by Gasteiger charge is 2.12. The van der Waals surface area contributed by atoms with Crippen LogP contribution in [0, 0.1) is 22.7 Å². The monoisotopic (exact) mass is 392 g/mol. The quantitative estimate of drug-likeness (QED) is 0.202. The molecule has 0 rings (SSSR count). The lowest BCUT2D eigenvalue weighted by Gasteiger charge is -2.11. The lowest BCUT2D eigenvalue weighted by Crippen LogP contribution is -2.15. The molecule has 7 nitrogen and oxygen atoms in total. The predicted octanol–water partition coefficient (Wildman–Crippen LogP) is 4.00. The minimum atomic E-state index is -0.678. The van der Waals surface area contributed by atoms with Gasteiger partial charge in [0.15, 0.2) is 0 Å². The first-order valence-corrected chi connectivity index (χ1v) is 9.47. The molecule has 0 aromatic carbocycles. The number of unbranched alkanes of at least 4 members (excludes halogenated alkanes) is 3. The topological polar surface area (TPSA) is 109 Å². The molecule has 0 saturated carbocycles. The van der Waals surface area contributed by atoms with Crippen LogP contribution in [0.25, 0.3) is 0 Å². The molecule has 0 saturated heterocycles. The van der Waals surface area contributed by atoms with E-state index in [2.05, 4.69) is 24.8 Å². The summed E-state index contributed by atoms with van der Waals surface area (Å²) >= 11 is 0. The Balaban J connectivity index is 0. The number of ether oxygens (including phenoxy) is 3. The lowest BCUT2D eigenvalue weighted by atomic mass is 10.1. The first-order valence-electron chi connectivity index (χ1n) is 9.47. The zero-order valence-corrected chi connectivity index (χ0v) is 17.3. The fraction of sp³-hybridized carbons (Fsp3) is 0.619. The van der Waals surface area contributed by atoms with E-state index >= 15 is 0 Å². The number of hydrogen-bond donors (Lipinski definition) is 0. The molecule has 0 aliphatic rings. The largest absolute Gasteiger partial charge is 0.459 e. The van der Waals surface area contributed by atoms with Crippen LogP contribution in [0.1, 0.15) is 59.3 Å². The molecule has 1 unspecified atom stereocenters. The van der Waals surface area contributed by atoms with Crippen LogP contribution in [-0.4, -0.2) is 37.9 Å². The second-order valence-electron chi connectivity index (χ2n) is 5.99. The van der Waals surface area contributed by atoms with Gasteiger partial charge < -0.3 is 14.2 Å². The molecule has 0 aliphatic carbocycles. The molecule has 0 aliphatic heterocycles. The lowest BCUT2D eigenvalue weighted by molar-refractivity contribution is -0.143. The van der Waals surface area contributed by atoms with Gasteiger partial charge in [0.05, 0.1) is 12.7 Å². The van der Waals surface area contributed by atoms with E-state index in [9.17, 15) is 9.59 Å². The zero-order valence-electron chi connectivity index (χ0n) is 17.3. The van der Waals surface area contributed by atoms with Crippen molar-refractivity contribution >= 4 is 11.9 Å². The molecule has 7 heteroatoms. The van der Waals surface area contributed by atoms with Gasteiger partial charge in [-0.25, -0.2) is 9.59 Å². The smallest absolute Gasteiger partial charge is 0.348 e.